The van der Waals surface area contributed by atoms with Gasteiger partial charge in [0.05, 0.1) is 5.76 Å². The van der Waals surface area contributed by atoms with E-state index in [-0.39, 0.29) is 25.9 Å². The summed E-state index contributed by atoms with van der Waals surface area (Å²) in [5.41, 5.74) is 5.87. The SMILES string of the molecule is Cc1[c-]c(-c2nccc3cc(C(C)C)ccc23)cc(C)c1.O=C(/C=C(\O)CCC1CCCCC1)CCC1CCCCC1.[Ir]. The minimum absolute atomic E-state index is 0. The van der Waals surface area contributed by atoms with Crippen molar-refractivity contribution >= 4 is 16.6 Å². The maximum atomic E-state index is 11.9. The van der Waals surface area contributed by atoms with Gasteiger partial charge in [-0.3, -0.25) is 4.79 Å². The first-order chi connectivity index (χ1) is 20.3. The second kappa shape index (κ2) is 17.9. The van der Waals surface area contributed by atoms with Crippen LogP contribution < -0.4 is 0 Å². The van der Waals surface area contributed by atoms with Crippen molar-refractivity contribution in [3.8, 4) is 11.3 Å². The van der Waals surface area contributed by atoms with Crippen molar-refractivity contribution in [3.63, 3.8) is 0 Å². The number of aromatic nitrogens is 1. The van der Waals surface area contributed by atoms with Crippen LogP contribution in [0.5, 0.6) is 0 Å². The van der Waals surface area contributed by atoms with Crippen molar-refractivity contribution in [1.29, 1.82) is 0 Å². The molecular weight excluding hydrogens is 707 g/mol. The summed E-state index contributed by atoms with van der Waals surface area (Å²) in [5.74, 6) is 2.50. The number of aryl methyl sites for hydroxylation is 2. The van der Waals surface area contributed by atoms with E-state index in [1.54, 1.807) is 0 Å². The fourth-order valence-electron chi connectivity index (χ4n) is 6.77. The minimum Gasteiger partial charge on any atom is -0.512 e. The molecule has 1 N–H and O–H groups in total. The normalized spacial score (nSPS) is 16.4. The van der Waals surface area contributed by atoms with Gasteiger partial charge in [0, 0.05) is 45.2 Å². The molecule has 2 saturated carbocycles. The van der Waals surface area contributed by atoms with Crippen molar-refractivity contribution in [2.75, 3.05) is 0 Å². The van der Waals surface area contributed by atoms with Crippen molar-refractivity contribution in [2.24, 2.45) is 11.8 Å². The fraction of sp³-hybridized carbons (Fsp3) is 0.538. The summed E-state index contributed by atoms with van der Waals surface area (Å²) in [4.78, 5) is 16.5. The van der Waals surface area contributed by atoms with Gasteiger partial charge in [0.25, 0.3) is 0 Å². The van der Waals surface area contributed by atoms with Gasteiger partial charge in [-0.15, -0.1) is 34.9 Å². The van der Waals surface area contributed by atoms with Crippen molar-refractivity contribution in [1.82, 2.24) is 4.98 Å². The predicted molar refractivity (Wildman–Crippen MR) is 177 cm³/mol. The Labute approximate surface area is 274 Å². The van der Waals surface area contributed by atoms with E-state index in [0.717, 1.165) is 41.5 Å². The van der Waals surface area contributed by atoms with E-state index in [4.69, 9.17) is 0 Å². The molecule has 2 fully saturated rings. The molecule has 1 radical (unpaired) electrons. The monoisotopic (exact) mass is 759 g/mol. The molecule has 0 saturated heterocycles. The van der Waals surface area contributed by atoms with Crippen LogP contribution in [0, 0.1) is 31.7 Å². The molecule has 0 aliphatic heterocycles. The average Bonchev–Trinajstić information content (AvgIpc) is 2.99. The molecule has 1 aromatic heterocycles. The number of carbonyl (C=O) groups is 1. The molecule has 0 atom stereocenters. The maximum absolute atomic E-state index is 11.9. The van der Waals surface area contributed by atoms with Gasteiger partial charge in [-0.25, -0.2) is 0 Å². The molecule has 0 amide bonds. The summed E-state index contributed by atoms with van der Waals surface area (Å²) < 4.78 is 0. The van der Waals surface area contributed by atoms with Gasteiger partial charge in [0.15, 0.2) is 5.78 Å². The molecule has 2 aliphatic carbocycles. The topological polar surface area (TPSA) is 50.2 Å². The fourth-order valence-corrected chi connectivity index (χ4v) is 6.77. The van der Waals surface area contributed by atoms with Crippen LogP contribution in [0.25, 0.3) is 22.0 Å². The van der Waals surface area contributed by atoms with E-state index in [9.17, 15) is 9.90 Å². The molecule has 0 unspecified atom stereocenters. The number of nitrogens with zero attached hydrogens (tertiary/aromatic N) is 1. The molecule has 2 aromatic carbocycles. The quantitative estimate of drug-likeness (QED) is 0.134. The van der Waals surface area contributed by atoms with Gasteiger partial charge in [0.2, 0.25) is 0 Å². The zero-order valence-electron chi connectivity index (χ0n) is 26.9. The van der Waals surface area contributed by atoms with Crippen LogP contribution in [0.2, 0.25) is 0 Å². The number of hydrogen-bond donors (Lipinski definition) is 1. The second-order valence-electron chi connectivity index (χ2n) is 13.2. The Hall–Kier alpha value is -2.29. The molecule has 235 valence electrons. The Morgan fingerprint density at radius 2 is 1.53 bits per heavy atom. The van der Waals surface area contributed by atoms with E-state index in [1.807, 2.05) is 6.20 Å². The summed E-state index contributed by atoms with van der Waals surface area (Å²) in [6, 6.07) is 16.5. The molecule has 2 aliphatic rings. The zero-order chi connectivity index (χ0) is 29.9. The maximum Gasteiger partial charge on any atom is 0.159 e. The Morgan fingerprint density at radius 3 is 2.14 bits per heavy atom. The Morgan fingerprint density at radius 1 is 0.907 bits per heavy atom. The first-order valence-electron chi connectivity index (χ1n) is 16.6. The number of hydrogen-bond acceptors (Lipinski definition) is 3. The van der Waals surface area contributed by atoms with Crippen molar-refractivity contribution in [3.05, 3.63) is 77.2 Å². The first-order valence-corrected chi connectivity index (χ1v) is 16.6. The van der Waals surface area contributed by atoms with Crippen molar-refractivity contribution in [2.45, 2.75) is 124 Å². The molecule has 3 nitrogen and oxygen atoms in total. The average molecular weight is 759 g/mol. The molecule has 0 spiro atoms. The van der Waals surface area contributed by atoms with Crippen LogP contribution in [0.3, 0.4) is 0 Å². The number of fused-ring (bicyclic) bond motifs is 1. The van der Waals surface area contributed by atoms with E-state index < -0.39 is 0 Å². The third-order valence-electron chi connectivity index (χ3n) is 9.24. The number of rotatable bonds is 9. The predicted octanol–water partition coefficient (Wildman–Crippen LogP) is 11.2. The molecule has 3 aromatic rings. The van der Waals surface area contributed by atoms with E-state index in [2.05, 4.69) is 75.1 Å². The number of aliphatic hydroxyl groups is 1. The summed E-state index contributed by atoms with van der Waals surface area (Å²) in [6.45, 7) is 8.65. The third-order valence-corrected chi connectivity index (χ3v) is 9.24. The standard InChI is InChI=1S/C20H20N.C19H32O2.Ir/c1-13(2)16-5-6-19-17(12-16)7-8-21-20(19)18-10-14(3)9-15(4)11-18;20-18(13-11-16-7-3-1-4-8-16)15-19(21)14-12-17-9-5-2-6-10-17;/h5-10,12-13H,1-4H3;15-17,20H,1-14H2;/q-1;;/b;18-15-;. The van der Waals surface area contributed by atoms with Crippen LogP contribution in [0.15, 0.2) is 54.4 Å². The largest absolute Gasteiger partial charge is 0.512 e. The van der Waals surface area contributed by atoms with Crippen LogP contribution in [-0.2, 0) is 24.9 Å². The number of pyridine rings is 1. The first kappa shape index (κ1) is 35.2. The molecule has 43 heavy (non-hydrogen) atoms. The van der Waals surface area contributed by atoms with Gasteiger partial charge >= 0.3 is 0 Å². The Balaban J connectivity index is 0.000000230. The number of aliphatic hydroxyl groups excluding tert-OH is 1. The van der Waals surface area contributed by atoms with Crippen LogP contribution in [-0.4, -0.2) is 15.9 Å². The number of ketones is 1. The second-order valence-corrected chi connectivity index (χ2v) is 13.2. The van der Waals surface area contributed by atoms with Gasteiger partial charge in [0.1, 0.15) is 0 Å². The summed E-state index contributed by atoms with van der Waals surface area (Å²) in [6.07, 6.45) is 20.1. The van der Waals surface area contributed by atoms with Gasteiger partial charge < -0.3 is 10.1 Å². The van der Waals surface area contributed by atoms with E-state index in [0.29, 0.717) is 24.5 Å². The number of benzene rings is 2. The zero-order valence-corrected chi connectivity index (χ0v) is 29.3. The number of allylic oxidation sites excluding steroid dienone is 2. The van der Waals surface area contributed by atoms with E-state index in [1.165, 1.54) is 92.2 Å². The Kier molecular flexibility index (Phi) is 14.6. The summed E-state index contributed by atoms with van der Waals surface area (Å²) >= 11 is 0. The van der Waals surface area contributed by atoms with Gasteiger partial charge in [-0.2, -0.15) is 0 Å². The smallest absolute Gasteiger partial charge is 0.159 e. The minimum atomic E-state index is 0. The Bertz CT molecular complexity index is 1310. The van der Waals surface area contributed by atoms with Gasteiger partial charge in [-0.1, -0.05) is 110 Å². The molecule has 0 bridgehead atoms. The van der Waals surface area contributed by atoms with Crippen LogP contribution in [0.1, 0.15) is 126 Å². The van der Waals surface area contributed by atoms with Crippen molar-refractivity contribution < 1.29 is 30.0 Å². The summed E-state index contributed by atoms with van der Waals surface area (Å²) in [5, 5.41) is 12.4. The molecule has 5 rings (SSSR count). The number of carbonyl (C=O) groups excluding carboxylic acids is 1. The summed E-state index contributed by atoms with van der Waals surface area (Å²) in [7, 11) is 0. The molecular formula is C39H52IrNO2-. The van der Waals surface area contributed by atoms with Crippen LogP contribution in [0.4, 0.5) is 0 Å². The van der Waals surface area contributed by atoms with Crippen LogP contribution >= 0.6 is 0 Å². The van der Waals surface area contributed by atoms with Gasteiger partial charge in [-0.05, 0) is 58.7 Å². The molecule has 1 heterocycles. The van der Waals surface area contributed by atoms with E-state index >= 15 is 0 Å². The third kappa shape index (κ3) is 11.3. The molecule has 4 heteroatoms.